The number of nitrogens with two attached hydrogens (primary N) is 1. The highest BCUT2D eigenvalue weighted by Gasteiger charge is 2.06. The van der Waals surface area contributed by atoms with Crippen molar-refractivity contribution >= 4 is 17.1 Å². The summed E-state index contributed by atoms with van der Waals surface area (Å²) < 4.78 is 26.7. The summed E-state index contributed by atoms with van der Waals surface area (Å²) in [5.41, 5.74) is 7.31. The molecule has 2 aromatic rings. The Morgan fingerprint density at radius 2 is 1.88 bits per heavy atom. The van der Waals surface area contributed by atoms with Gasteiger partial charge in [0.25, 0.3) is 0 Å². The summed E-state index contributed by atoms with van der Waals surface area (Å²) in [4.78, 5) is 0. The van der Waals surface area contributed by atoms with Crippen molar-refractivity contribution in [3.8, 4) is 0 Å². The molecular formula is C13H12F2N2. The summed E-state index contributed by atoms with van der Waals surface area (Å²) in [7, 11) is 0. The lowest BCUT2D eigenvalue weighted by Gasteiger charge is -2.11. The Balaban J connectivity index is 2.38. The lowest BCUT2D eigenvalue weighted by atomic mass is 10.2. The standard InChI is InChI=1S/C13H12F2N2/c1-8-3-2-4-12(15)13(8)17-11-6-9(14)5-10(16)7-11/h2-7,17H,16H2,1H3. The highest BCUT2D eigenvalue weighted by Crippen LogP contribution is 2.25. The monoisotopic (exact) mass is 234 g/mol. The molecular weight excluding hydrogens is 222 g/mol. The van der Waals surface area contributed by atoms with E-state index in [4.69, 9.17) is 5.73 Å². The Labute approximate surface area is 98.1 Å². The molecule has 0 aliphatic carbocycles. The van der Waals surface area contributed by atoms with Crippen molar-refractivity contribution in [2.24, 2.45) is 0 Å². The predicted octanol–water partition coefficient (Wildman–Crippen LogP) is 3.60. The zero-order valence-electron chi connectivity index (χ0n) is 9.30. The van der Waals surface area contributed by atoms with E-state index >= 15 is 0 Å². The van der Waals surface area contributed by atoms with Crippen LogP contribution in [0.15, 0.2) is 36.4 Å². The van der Waals surface area contributed by atoms with Crippen LogP contribution in [0.3, 0.4) is 0 Å². The van der Waals surface area contributed by atoms with Crippen molar-refractivity contribution in [1.29, 1.82) is 0 Å². The van der Waals surface area contributed by atoms with Crippen molar-refractivity contribution in [1.82, 2.24) is 0 Å². The molecule has 0 aromatic heterocycles. The second kappa shape index (κ2) is 4.41. The molecule has 0 saturated heterocycles. The van der Waals surface area contributed by atoms with Crippen LogP contribution in [0.2, 0.25) is 0 Å². The van der Waals surface area contributed by atoms with Crippen molar-refractivity contribution in [2.75, 3.05) is 11.1 Å². The van der Waals surface area contributed by atoms with Gasteiger partial charge in [-0.25, -0.2) is 8.78 Å². The Hall–Kier alpha value is -2.10. The largest absolute Gasteiger partial charge is 0.399 e. The Bertz CT molecular complexity index is 513. The first kappa shape index (κ1) is 11.4. The number of halogens is 2. The van der Waals surface area contributed by atoms with Gasteiger partial charge >= 0.3 is 0 Å². The summed E-state index contributed by atoms with van der Waals surface area (Å²) >= 11 is 0. The number of benzene rings is 2. The smallest absolute Gasteiger partial charge is 0.146 e. The van der Waals surface area contributed by atoms with Gasteiger partial charge in [0, 0.05) is 11.4 Å². The maximum absolute atomic E-state index is 13.5. The van der Waals surface area contributed by atoms with E-state index in [0.29, 0.717) is 17.1 Å². The van der Waals surface area contributed by atoms with Gasteiger partial charge < -0.3 is 11.1 Å². The van der Waals surface area contributed by atoms with Crippen LogP contribution in [-0.2, 0) is 0 Å². The average Bonchev–Trinajstić information content (AvgIpc) is 2.22. The van der Waals surface area contributed by atoms with Gasteiger partial charge in [-0.15, -0.1) is 0 Å². The molecule has 2 rings (SSSR count). The molecule has 2 aromatic carbocycles. The van der Waals surface area contributed by atoms with E-state index in [2.05, 4.69) is 5.32 Å². The molecule has 88 valence electrons. The summed E-state index contributed by atoms with van der Waals surface area (Å²) in [5, 5.41) is 2.83. The van der Waals surface area contributed by atoms with E-state index in [9.17, 15) is 8.78 Å². The minimum absolute atomic E-state index is 0.293. The number of nitrogen functional groups attached to an aromatic ring is 1. The average molecular weight is 234 g/mol. The third-order valence-electron chi connectivity index (χ3n) is 2.41. The molecule has 0 aliphatic rings. The lowest BCUT2D eigenvalue weighted by Crippen LogP contribution is -1.98. The molecule has 3 N–H and O–H groups in total. The Morgan fingerprint density at radius 1 is 1.12 bits per heavy atom. The minimum Gasteiger partial charge on any atom is -0.399 e. The molecule has 0 spiro atoms. The molecule has 4 heteroatoms. The van der Waals surface area contributed by atoms with Gasteiger partial charge in [0.2, 0.25) is 0 Å². The highest BCUT2D eigenvalue weighted by atomic mass is 19.1. The molecule has 0 amide bonds. The van der Waals surface area contributed by atoms with Crippen LogP contribution < -0.4 is 11.1 Å². The van der Waals surface area contributed by atoms with Crippen molar-refractivity contribution in [3.05, 3.63) is 53.6 Å². The number of nitrogens with one attached hydrogen (secondary N) is 1. The SMILES string of the molecule is Cc1cccc(F)c1Nc1cc(N)cc(F)c1. The van der Waals surface area contributed by atoms with Gasteiger partial charge in [-0.05, 0) is 36.8 Å². The van der Waals surface area contributed by atoms with Crippen molar-refractivity contribution < 1.29 is 8.78 Å². The third kappa shape index (κ3) is 2.53. The zero-order chi connectivity index (χ0) is 12.4. The Morgan fingerprint density at radius 3 is 2.53 bits per heavy atom. The first-order valence-electron chi connectivity index (χ1n) is 5.14. The van der Waals surface area contributed by atoms with Crippen LogP contribution in [0, 0.1) is 18.6 Å². The third-order valence-corrected chi connectivity index (χ3v) is 2.41. The van der Waals surface area contributed by atoms with Crippen LogP contribution in [0.5, 0.6) is 0 Å². The summed E-state index contributed by atoms with van der Waals surface area (Å²) in [6.07, 6.45) is 0. The van der Waals surface area contributed by atoms with Crippen molar-refractivity contribution in [3.63, 3.8) is 0 Å². The number of rotatable bonds is 2. The van der Waals surface area contributed by atoms with Gasteiger partial charge in [-0.3, -0.25) is 0 Å². The number of hydrogen-bond donors (Lipinski definition) is 2. The van der Waals surface area contributed by atoms with Crippen LogP contribution in [0.4, 0.5) is 25.8 Å². The number of anilines is 3. The van der Waals surface area contributed by atoms with Crippen LogP contribution >= 0.6 is 0 Å². The fourth-order valence-electron chi connectivity index (χ4n) is 1.62. The first-order valence-corrected chi connectivity index (χ1v) is 5.14. The van der Waals surface area contributed by atoms with Crippen LogP contribution in [-0.4, -0.2) is 0 Å². The van der Waals surface area contributed by atoms with Gasteiger partial charge in [0.05, 0.1) is 5.69 Å². The van der Waals surface area contributed by atoms with E-state index in [1.165, 1.54) is 18.2 Å². The summed E-state index contributed by atoms with van der Waals surface area (Å²) in [6, 6.07) is 8.76. The molecule has 0 heterocycles. The molecule has 0 radical (unpaired) electrons. The van der Waals surface area contributed by atoms with Gasteiger partial charge in [-0.1, -0.05) is 12.1 Å². The molecule has 0 atom stereocenters. The quantitative estimate of drug-likeness (QED) is 0.779. The first-order chi connectivity index (χ1) is 8.06. The summed E-state index contributed by atoms with van der Waals surface area (Å²) in [6.45, 7) is 1.77. The zero-order valence-corrected chi connectivity index (χ0v) is 9.30. The molecule has 0 aliphatic heterocycles. The molecule has 0 fully saturated rings. The molecule has 0 saturated carbocycles. The molecule has 0 bridgehead atoms. The summed E-state index contributed by atoms with van der Waals surface area (Å²) in [5.74, 6) is -0.839. The van der Waals surface area contributed by atoms with Gasteiger partial charge in [-0.2, -0.15) is 0 Å². The van der Waals surface area contributed by atoms with Gasteiger partial charge in [0.1, 0.15) is 11.6 Å². The Kier molecular flexibility index (Phi) is 2.95. The lowest BCUT2D eigenvalue weighted by molar-refractivity contribution is 0.627. The fraction of sp³-hybridized carbons (Fsp3) is 0.0769. The van der Waals surface area contributed by atoms with E-state index in [1.807, 2.05) is 0 Å². The van der Waals surface area contributed by atoms with E-state index < -0.39 is 5.82 Å². The van der Waals surface area contributed by atoms with E-state index in [0.717, 1.165) is 5.56 Å². The van der Waals surface area contributed by atoms with Crippen molar-refractivity contribution in [2.45, 2.75) is 6.92 Å². The second-order valence-electron chi connectivity index (χ2n) is 3.83. The topological polar surface area (TPSA) is 38.0 Å². The second-order valence-corrected chi connectivity index (χ2v) is 3.83. The molecule has 2 nitrogen and oxygen atoms in total. The molecule has 0 unspecified atom stereocenters. The van der Waals surface area contributed by atoms with Crippen LogP contribution in [0.25, 0.3) is 0 Å². The molecule has 17 heavy (non-hydrogen) atoms. The number of hydrogen-bond acceptors (Lipinski definition) is 2. The maximum Gasteiger partial charge on any atom is 0.146 e. The number of para-hydroxylation sites is 1. The normalized spacial score (nSPS) is 10.3. The van der Waals surface area contributed by atoms with Crippen LogP contribution in [0.1, 0.15) is 5.56 Å². The van der Waals surface area contributed by atoms with E-state index in [-0.39, 0.29) is 5.82 Å². The fourth-order valence-corrected chi connectivity index (χ4v) is 1.62. The highest BCUT2D eigenvalue weighted by molar-refractivity contribution is 5.66. The predicted molar refractivity (Wildman–Crippen MR) is 65.2 cm³/mol. The van der Waals surface area contributed by atoms with E-state index in [1.54, 1.807) is 25.1 Å². The van der Waals surface area contributed by atoms with Gasteiger partial charge in [0.15, 0.2) is 0 Å². The maximum atomic E-state index is 13.5. The number of aryl methyl sites for hydroxylation is 1. The minimum atomic E-state index is -0.457.